The van der Waals surface area contributed by atoms with Crippen LogP contribution in [0.2, 0.25) is 0 Å². The molecule has 42 heavy (non-hydrogen) atoms. The SMILES string of the molecule is CNS(=O)(=O)c1ccc(CCC(=O)N2CCC3(CCCCOC[C@@H]4CCCN4C(=O)c4ccccc4OC3)CC2)cc1. The highest BCUT2D eigenvalue weighted by Gasteiger charge is 2.37. The molecule has 5 rings (SSSR count). The number of amides is 2. The van der Waals surface area contributed by atoms with Gasteiger partial charge >= 0.3 is 0 Å². The number of nitrogens with zero attached hydrogens (tertiary/aromatic N) is 2. The maximum atomic E-state index is 13.5. The topological polar surface area (TPSA) is 105 Å². The predicted molar refractivity (Wildman–Crippen MR) is 160 cm³/mol. The summed E-state index contributed by atoms with van der Waals surface area (Å²) in [6.07, 6.45) is 7.60. The summed E-state index contributed by atoms with van der Waals surface area (Å²) in [6, 6.07) is 14.4. The summed E-state index contributed by atoms with van der Waals surface area (Å²) in [4.78, 5) is 30.8. The number of sulfonamides is 1. The first-order valence-corrected chi connectivity index (χ1v) is 16.7. The van der Waals surface area contributed by atoms with Crippen LogP contribution in [0.25, 0.3) is 0 Å². The predicted octanol–water partition coefficient (Wildman–Crippen LogP) is 4.02. The number of hydrogen-bond acceptors (Lipinski definition) is 6. The van der Waals surface area contributed by atoms with Crippen molar-refractivity contribution in [1.82, 2.24) is 14.5 Å². The van der Waals surface area contributed by atoms with Crippen LogP contribution in [0.15, 0.2) is 53.4 Å². The fourth-order valence-corrected chi connectivity index (χ4v) is 7.14. The molecular formula is C32H43N3O6S. The first kappa shape index (κ1) is 30.5. The summed E-state index contributed by atoms with van der Waals surface area (Å²) in [6.45, 7) is 3.89. The Kier molecular flexibility index (Phi) is 9.85. The molecule has 0 unspecified atom stereocenters. The van der Waals surface area contributed by atoms with Crippen LogP contribution in [-0.2, 0) is 26.0 Å². The highest BCUT2D eigenvalue weighted by Crippen LogP contribution is 2.38. The molecule has 1 N–H and O–H groups in total. The van der Waals surface area contributed by atoms with Crippen LogP contribution >= 0.6 is 0 Å². The minimum Gasteiger partial charge on any atom is -0.492 e. The molecule has 3 aliphatic heterocycles. The van der Waals surface area contributed by atoms with Crippen LogP contribution < -0.4 is 9.46 Å². The van der Waals surface area contributed by atoms with Crippen molar-refractivity contribution in [3.05, 3.63) is 59.7 Å². The molecule has 3 aliphatic rings. The lowest BCUT2D eigenvalue weighted by Gasteiger charge is -2.42. The molecule has 3 heterocycles. The number of nitrogens with one attached hydrogen (secondary N) is 1. The van der Waals surface area contributed by atoms with Gasteiger partial charge < -0.3 is 19.3 Å². The van der Waals surface area contributed by atoms with E-state index in [0.717, 1.165) is 57.1 Å². The third kappa shape index (κ3) is 7.15. The molecule has 0 bridgehead atoms. The van der Waals surface area contributed by atoms with Crippen molar-refractivity contribution < 1.29 is 27.5 Å². The second-order valence-electron chi connectivity index (χ2n) is 11.8. The highest BCUT2D eigenvalue weighted by molar-refractivity contribution is 7.89. The van der Waals surface area contributed by atoms with Crippen LogP contribution in [0, 0.1) is 5.41 Å². The Morgan fingerprint density at radius 3 is 2.52 bits per heavy atom. The number of rotatable bonds is 5. The van der Waals surface area contributed by atoms with Crippen molar-refractivity contribution >= 4 is 21.8 Å². The average Bonchev–Trinajstić information content (AvgIpc) is 3.49. The van der Waals surface area contributed by atoms with Gasteiger partial charge in [-0.1, -0.05) is 30.7 Å². The number of para-hydroxylation sites is 1. The normalized spacial score (nSPS) is 21.7. The molecule has 1 spiro atoms. The average molecular weight is 598 g/mol. The molecule has 2 aromatic rings. The fraction of sp³-hybridized carbons (Fsp3) is 0.562. The lowest BCUT2D eigenvalue weighted by Crippen LogP contribution is -2.45. The summed E-state index contributed by atoms with van der Waals surface area (Å²) < 4.78 is 38.7. The van der Waals surface area contributed by atoms with E-state index in [-0.39, 0.29) is 28.2 Å². The molecule has 0 saturated carbocycles. The summed E-state index contributed by atoms with van der Waals surface area (Å²) in [5.74, 6) is 0.766. The summed E-state index contributed by atoms with van der Waals surface area (Å²) in [7, 11) is -2.09. The number of hydrogen-bond donors (Lipinski definition) is 1. The maximum absolute atomic E-state index is 13.5. The van der Waals surface area contributed by atoms with Gasteiger partial charge in [0.05, 0.1) is 29.7 Å². The van der Waals surface area contributed by atoms with E-state index in [1.165, 1.54) is 7.05 Å². The molecule has 9 nitrogen and oxygen atoms in total. The molecule has 0 aliphatic carbocycles. The van der Waals surface area contributed by atoms with Gasteiger partial charge in [0, 0.05) is 38.1 Å². The van der Waals surface area contributed by atoms with Crippen molar-refractivity contribution in [2.24, 2.45) is 5.41 Å². The van der Waals surface area contributed by atoms with Crippen molar-refractivity contribution in [3.63, 3.8) is 0 Å². The van der Waals surface area contributed by atoms with Gasteiger partial charge in [-0.2, -0.15) is 0 Å². The molecule has 2 amide bonds. The number of ether oxygens (including phenoxy) is 2. The van der Waals surface area contributed by atoms with Gasteiger partial charge in [-0.05, 0) is 81.8 Å². The molecule has 10 heteroatoms. The summed E-state index contributed by atoms with van der Waals surface area (Å²) >= 11 is 0. The Balaban J connectivity index is 1.21. The molecule has 2 saturated heterocycles. The summed E-state index contributed by atoms with van der Waals surface area (Å²) in [5, 5.41) is 0. The molecule has 2 aromatic carbocycles. The molecule has 1 atom stereocenters. The number of fused-ring (bicyclic) bond motifs is 2. The molecule has 2 fully saturated rings. The lowest BCUT2D eigenvalue weighted by atomic mass is 9.75. The third-order valence-corrected chi connectivity index (χ3v) is 10.6. The zero-order valence-electron chi connectivity index (χ0n) is 24.6. The minimum absolute atomic E-state index is 0.0153. The van der Waals surface area contributed by atoms with Gasteiger partial charge in [0.1, 0.15) is 5.75 Å². The Morgan fingerprint density at radius 1 is 1.00 bits per heavy atom. The number of carbonyl (C=O) groups excluding carboxylic acids is 2. The highest BCUT2D eigenvalue weighted by atomic mass is 32.2. The fourth-order valence-electron chi connectivity index (χ4n) is 6.41. The van der Waals surface area contributed by atoms with Gasteiger partial charge in [-0.15, -0.1) is 0 Å². The van der Waals surface area contributed by atoms with Crippen LogP contribution in [-0.4, -0.2) is 82.6 Å². The number of aryl methyl sites for hydroxylation is 1. The Morgan fingerprint density at radius 2 is 1.76 bits per heavy atom. The maximum Gasteiger partial charge on any atom is 0.257 e. The van der Waals surface area contributed by atoms with Gasteiger partial charge in [0.25, 0.3) is 5.91 Å². The zero-order chi connectivity index (χ0) is 29.6. The van der Waals surface area contributed by atoms with Crippen molar-refractivity contribution in [3.8, 4) is 5.75 Å². The third-order valence-electron chi connectivity index (χ3n) is 9.15. The number of benzene rings is 2. The van der Waals surface area contributed by atoms with Gasteiger partial charge in [-0.25, -0.2) is 13.1 Å². The van der Waals surface area contributed by atoms with Crippen LogP contribution in [0.4, 0.5) is 0 Å². The van der Waals surface area contributed by atoms with Crippen molar-refractivity contribution in [2.75, 3.05) is 46.5 Å². The molecular weight excluding hydrogens is 554 g/mol. The Hall–Kier alpha value is -2.95. The first-order chi connectivity index (χ1) is 20.3. The second-order valence-corrected chi connectivity index (χ2v) is 13.7. The van der Waals surface area contributed by atoms with Crippen LogP contribution in [0.5, 0.6) is 5.75 Å². The Bertz CT molecular complexity index is 1340. The van der Waals surface area contributed by atoms with Gasteiger partial charge in [0.15, 0.2) is 0 Å². The van der Waals surface area contributed by atoms with E-state index in [1.807, 2.05) is 34.1 Å². The van der Waals surface area contributed by atoms with E-state index in [1.54, 1.807) is 24.3 Å². The Labute approximate surface area is 249 Å². The van der Waals surface area contributed by atoms with Crippen LogP contribution in [0.1, 0.15) is 67.3 Å². The van der Waals surface area contributed by atoms with E-state index >= 15 is 0 Å². The van der Waals surface area contributed by atoms with E-state index in [4.69, 9.17) is 9.47 Å². The number of piperidine rings is 1. The standard InChI is InChI=1S/C32H43N3O6S/c1-33-42(38,39)27-13-10-25(11-14-27)12-15-30(36)34-20-17-32(18-21-34)16-4-5-22-40-23-26-7-6-19-35(26)31(37)28-8-2-3-9-29(28)41-24-32/h2-3,8-11,13-14,26,33H,4-7,12,15-24H2,1H3/t26-/m0/s1. The number of carbonyl (C=O) groups is 2. The second kappa shape index (κ2) is 13.6. The van der Waals surface area contributed by atoms with Gasteiger partial charge in [-0.3, -0.25) is 9.59 Å². The van der Waals surface area contributed by atoms with E-state index in [0.29, 0.717) is 57.1 Å². The molecule has 0 aromatic heterocycles. The van der Waals surface area contributed by atoms with E-state index < -0.39 is 10.0 Å². The van der Waals surface area contributed by atoms with Crippen LogP contribution in [0.3, 0.4) is 0 Å². The largest absolute Gasteiger partial charge is 0.492 e. The van der Waals surface area contributed by atoms with E-state index in [2.05, 4.69) is 4.72 Å². The number of likely N-dealkylation sites (tertiary alicyclic amines) is 1. The smallest absolute Gasteiger partial charge is 0.257 e. The van der Waals surface area contributed by atoms with Crippen molar-refractivity contribution in [2.45, 2.75) is 68.7 Å². The monoisotopic (exact) mass is 597 g/mol. The lowest BCUT2D eigenvalue weighted by molar-refractivity contribution is -0.134. The minimum atomic E-state index is -3.48. The van der Waals surface area contributed by atoms with Crippen molar-refractivity contribution in [1.29, 1.82) is 0 Å². The molecule has 0 radical (unpaired) electrons. The first-order valence-electron chi connectivity index (χ1n) is 15.2. The quantitative estimate of drug-likeness (QED) is 0.558. The van der Waals surface area contributed by atoms with Gasteiger partial charge in [0.2, 0.25) is 15.9 Å². The summed E-state index contributed by atoms with van der Waals surface area (Å²) in [5.41, 5.74) is 1.48. The molecule has 228 valence electrons. The van der Waals surface area contributed by atoms with E-state index in [9.17, 15) is 18.0 Å². The zero-order valence-corrected chi connectivity index (χ0v) is 25.4.